The molecule has 0 amide bonds. The van der Waals surface area contributed by atoms with E-state index < -0.39 is 5.97 Å². The maximum absolute atomic E-state index is 11.2. The number of ether oxygens (including phenoxy) is 1. The van der Waals surface area contributed by atoms with E-state index in [9.17, 15) is 9.59 Å². The first-order valence-corrected chi connectivity index (χ1v) is 4.61. The lowest BCUT2D eigenvalue weighted by Gasteiger charge is -1.95. The smallest absolute Gasteiger partial charge is 0.358 e. The van der Waals surface area contributed by atoms with Crippen LogP contribution in [0.4, 0.5) is 0 Å². The fraction of sp³-hybridized carbons (Fsp3) is 0.375. The predicted molar refractivity (Wildman–Crippen MR) is 49.4 cm³/mol. The molecule has 0 radical (unpaired) electrons. The average molecular weight is 215 g/mol. The highest BCUT2D eigenvalue weighted by atomic mass is 32.1. The number of carbonyl (C=O) groups excluding carboxylic acids is 2. The highest BCUT2D eigenvalue weighted by Gasteiger charge is 2.21. The van der Waals surface area contributed by atoms with Crippen LogP contribution in [0.2, 0.25) is 0 Å². The van der Waals surface area contributed by atoms with Crippen molar-refractivity contribution in [3.63, 3.8) is 0 Å². The standard InChI is InChI=1S/C8H9NO4S/c1-4(11)7-6(8(12)13-2)9-5(3-10)14-7/h10H,3H2,1-2H3. The van der Waals surface area contributed by atoms with Crippen LogP contribution < -0.4 is 0 Å². The summed E-state index contributed by atoms with van der Waals surface area (Å²) in [7, 11) is 1.21. The number of ketones is 1. The SMILES string of the molecule is COC(=O)c1nc(CO)sc1C(C)=O. The van der Waals surface area contributed by atoms with Crippen molar-refractivity contribution in [1.29, 1.82) is 0 Å². The molecule has 0 unspecified atom stereocenters. The minimum absolute atomic E-state index is 0.0194. The number of aromatic nitrogens is 1. The Bertz CT molecular complexity index is 371. The van der Waals surface area contributed by atoms with Crippen molar-refractivity contribution >= 4 is 23.1 Å². The number of carbonyl (C=O) groups is 2. The Balaban J connectivity index is 3.18. The lowest BCUT2D eigenvalue weighted by Crippen LogP contribution is -2.07. The minimum atomic E-state index is -0.661. The number of Topliss-reactive ketones (excluding diaryl/α,β-unsaturated/α-hetero) is 1. The van der Waals surface area contributed by atoms with Crippen molar-refractivity contribution in [3.05, 3.63) is 15.6 Å². The lowest BCUT2D eigenvalue weighted by molar-refractivity contribution is 0.0591. The summed E-state index contributed by atoms with van der Waals surface area (Å²) in [5.41, 5.74) is -0.0194. The second-order valence-electron chi connectivity index (χ2n) is 2.49. The molecule has 1 aromatic heterocycles. The second kappa shape index (κ2) is 4.30. The lowest BCUT2D eigenvalue weighted by atomic mass is 10.3. The number of aliphatic hydroxyl groups is 1. The molecule has 0 saturated heterocycles. The van der Waals surface area contributed by atoms with Crippen LogP contribution in [0.5, 0.6) is 0 Å². The number of hydrogen-bond acceptors (Lipinski definition) is 6. The van der Waals surface area contributed by atoms with E-state index in [4.69, 9.17) is 5.11 Å². The van der Waals surface area contributed by atoms with E-state index in [-0.39, 0.29) is 23.0 Å². The van der Waals surface area contributed by atoms with Crippen molar-refractivity contribution < 1.29 is 19.4 Å². The second-order valence-corrected chi connectivity index (χ2v) is 3.57. The fourth-order valence-electron chi connectivity index (χ4n) is 0.906. The molecule has 0 aromatic carbocycles. The topological polar surface area (TPSA) is 76.5 Å². The highest BCUT2D eigenvalue weighted by molar-refractivity contribution is 7.14. The van der Waals surface area contributed by atoms with Crippen LogP contribution in [-0.2, 0) is 11.3 Å². The third-order valence-electron chi connectivity index (χ3n) is 1.51. The zero-order chi connectivity index (χ0) is 10.7. The molecule has 1 N–H and O–H groups in total. The molecular formula is C8H9NO4S. The van der Waals surface area contributed by atoms with Crippen molar-refractivity contribution in [2.24, 2.45) is 0 Å². The maximum Gasteiger partial charge on any atom is 0.358 e. The molecule has 5 nitrogen and oxygen atoms in total. The zero-order valence-electron chi connectivity index (χ0n) is 7.73. The first kappa shape index (κ1) is 10.8. The van der Waals surface area contributed by atoms with E-state index in [1.54, 1.807) is 0 Å². The third kappa shape index (κ3) is 1.97. The zero-order valence-corrected chi connectivity index (χ0v) is 8.55. The van der Waals surface area contributed by atoms with Gasteiger partial charge in [-0.25, -0.2) is 9.78 Å². The van der Waals surface area contributed by atoms with Gasteiger partial charge in [0.05, 0.1) is 13.7 Å². The Morgan fingerprint density at radius 3 is 2.64 bits per heavy atom. The van der Waals surface area contributed by atoms with Gasteiger partial charge in [0.1, 0.15) is 9.88 Å². The Hall–Kier alpha value is -1.27. The number of hydrogen-bond donors (Lipinski definition) is 1. The summed E-state index contributed by atoms with van der Waals surface area (Å²) in [6.07, 6.45) is 0. The Morgan fingerprint density at radius 1 is 1.57 bits per heavy atom. The van der Waals surface area contributed by atoms with Gasteiger partial charge in [0.2, 0.25) is 0 Å². The number of aliphatic hydroxyl groups excluding tert-OH is 1. The van der Waals surface area contributed by atoms with Gasteiger partial charge >= 0.3 is 5.97 Å². The van der Waals surface area contributed by atoms with E-state index in [2.05, 4.69) is 9.72 Å². The number of nitrogens with zero attached hydrogens (tertiary/aromatic N) is 1. The van der Waals surface area contributed by atoms with E-state index in [1.165, 1.54) is 14.0 Å². The molecule has 0 spiro atoms. The van der Waals surface area contributed by atoms with Crippen molar-refractivity contribution in [1.82, 2.24) is 4.98 Å². The molecular weight excluding hydrogens is 206 g/mol. The Morgan fingerprint density at radius 2 is 2.21 bits per heavy atom. The van der Waals surface area contributed by atoms with Crippen molar-refractivity contribution in [2.45, 2.75) is 13.5 Å². The molecule has 0 aliphatic rings. The van der Waals surface area contributed by atoms with Crippen molar-refractivity contribution in [2.75, 3.05) is 7.11 Å². The van der Waals surface area contributed by atoms with Gasteiger partial charge in [-0.2, -0.15) is 0 Å². The molecule has 1 rings (SSSR count). The van der Waals surface area contributed by atoms with E-state index >= 15 is 0 Å². The summed E-state index contributed by atoms with van der Waals surface area (Å²) in [4.78, 5) is 26.3. The Kier molecular flexibility index (Phi) is 3.32. The first-order valence-electron chi connectivity index (χ1n) is 3.80. The summed E-state index contributed by atoms with van der Waals surface area (Å²) >= 11 is 1.000. The molecule has 0 aliphatic heterocycles. The summed E-state index contributed by atoms with van der Waals surface area (Å²) in [5.74, 6) is -0.922. The predicted octanol–water partition coefficient (Wildman–Crippen LogP) is 0.625. The number of esters is 1. The Labute approximate surface area is 84.3 Å². The molecule has 1 heterocycles. The fourth-order valence-corrected chi connectivity index (χ4v) is 1.71. The van der Waals surface area contributed by atoms with Crippen LogP contribution in [0.3, 0.4) is 0 Å². The van der Waals surface area contributed by atoms with Gasteiger partial charge in [-0.1, -0.05) is 0 Å². The van der Waals surface area contributed by atoms with E-state index in [0.29, 0.717) is 5.01 Å². The number of thiazole rings is 1. The minimum Gasteiger partial charge on any atom is -0.464 e. The van der Waals surface area contributed by atoms with Crippen LogP contribution >= 0.6 is 11.3 Å². The summed E-state index contributed by atoms with van der Waals surface area (Å²) in [6.45, 7) is 1.04. The summed E-state index contributed by atoms with van der Waals surface area (Å²) < 4.78 is 4.46. The van der Waals surface area contributed by atoms with Gasteiger partial charge in [0.25, 0.3) is 0 Å². The summed E-state index contributed by atoms with van der Waals surface area (Å²) in [6, 6.07) is 0. The van der Waals surface area contributed by atoms with Gasteiger partial charge in [-0.05, 0) is 0 Å². The summed E-state index contributed by atoms with van der Waals surface area (Å²) in [5, 5.41) is 9.13. The van der Waals surface area contributed by atoms with Crippen molar-refractivity contribution in [3.8, 4) is 0 Å². The van der Waals surface area contributed by atoms with Gasteiger partial charge in [0.15, 0.2) is 11.5 Å². The van der Waals surface area contributed by atoms with Crippen LogP contribution in [0.1, 0.15) is 32.1 Å². The van der Waals surface area contributed by atoms with E-state index in [1.807, 2.05) is 0 Å². The van der Waals surface area contributed by atoms with Crippen LogP contribution in [0, 0.1) is 0 Å². The molecule has 0 fully saturated rings. The molecule has 14 heavy (non-hydrogen) atoms. The molecule has 1 aromatic rings. The van der Waals surface area contributed by atoms with Crippen LogP contribution in [0.25, 0.3) is 0 Å². The first-order chi connectivity index (χ1) is 6.60. The normalized spacial score (nSPS) is 9.93. The molecule has 0 bridgehead atoms. The molecule has 6 heteroatoms. The van der Waals surface area contributed by atoms with Gasteiger partial charge in [-0.3, -0.25) is 4.79 Å². The highest BCUT2D eigenvalue weighted by Crippen LogP contribution is 2.19. The largest absolute Gasteiger partial charge is 0.464 e. The van der Waals surface area contributed by atoms with Crippen LogP contribution in [-0.4, -0.2) is 29.0 Å². The quantitative estimate of drug-likeness (QED) is 0.591. The molecule has 76 valence electrons. The number of methoxy groups -OCH3 is 1. The third-order valence-corrected chi connectivity index (χ3v) is 2.65. The van der Waals surface area contributed by atoms with E-state index in [0.717, 1.165) is 11.3 Å². The number of rotatable bonds is 3. The molecule has 0 atom stereocenters. The molecule has 0 aliphatic carbocycles. The van der Waals surface area contributed by atoms with Crippen LogP contribution in [0.15, 0.2) is 0 Å². The molecule has 0 saturated carbocycles. The monoisotopic (exact) mass is 215 g/mol. The van der Waals surface area contributed by atoms with Gasteiger partial charge in [0, 0.05) is 6.92 Å². The average Bonchev–Trinajstić information content (AvgIpc) is 2.60. The van der Waals surface area contributed by atoms with Gasteiger partial charge in [-0.15, -0.1) is 11.3 Å². The van der Waals surface area contributed by atoms with Gasteiger partial charge < -0.3 is 9.84 Å². The maximum atomic E-state index is 11.2.